The molecule has 1 atom stereocenters. The van der Waals surface area contributed by atoms with Crippen LogP contribution >= 0.6 is 0 Å². The van der Waals surface area contributed by atoms with E-state index in [1.165, 1.54) is 50.8 Å². The first-order valence-electron chi connectivity index (χ1n) is 12.7. The van der Waals surface area contributed by atoms with Crippen LogP contribution in [0.3, 0.4) is 0 Å². The zero-order valence-electron chi connectivity index (χ0n) is 22.6. The minimum Gasteiger partial charge on any atom is -0.498 e. The Balaban J connectivity index is 2.00. The largest absolute Gasteiger partial charge is 0.498 e. The number of hydrogen-bond donors (Lipinski definition) is 0. The molecule has 2 aromatic carbocycles. The van der Waals surface area contributed by atoms with Gasteiger partial charge in [-0.25, -0.2) is 0 Å². The van der Waals surface area contributed by atoms with Crippen LogP contribution in [-0.2, 0) is 27.4 Å². The highest BCUT2D eigenvalue weighted by atomic mass is 16.5. The van der Waals surface area contributed by atoms with Crippen molar-refractivity contribution >= 4 is 0 Å². The molecule has 0 aliphatic heterocycles. The van der Waals surface area contributed by atoms with Crippen LogP contribution in [0.5, 0.6) is 5.75 Å². The number of ether oxygens (including phenoxy) is 2. The second kappa shape index (κ2) is 8.33. The Kier molecular flexibility index (Phi) is 6.03. The van der Waals surface area contributed by atoms with E-state index in [9.17, 15) is 0 Å². The average molecular weight is 459 g/mol. The van der Waals surface area contributed by atoms with Gasteiger partial charge in [0.05, 0.1) is 6.26 Å². The minimum atomic E-state index is -0.00111. The zero-order valence-corrected chi connectivity index (χ0v) is 22.6. The van der Waals surface area contributed by atoms with Crippen molar-refractivity contribution in [2.24, 2.45) is 0 Å². The summed E-state index contributed by atoms with van der Waals surface area (Å²) in [4.78, 5) is 0. The molecule has 0 N–H and O–H groups in total. The number of allylic oxidation sites excluding steroid dienone is 1. The van der Waals surface area contributed by atoms with E-state index < -0.39 is 0 Å². The highest BCUT2D eigenvalue weighted by molar-refractivity contribution is 5.68. The van der Waals surface area contributed by atoms with Crippen LogP contribution in [-0.4, -0.2) is 13.2 Å². The van der Waals surface area contributed by atoms with Gasteiger partial charge in [-0.15, -0.1) is 6.58 Å². The van der Waals surface area contributed by atoms with Gasteiger partial charge < -0.3 is 9.47 Å². The molecule has 34 heavy (non-hydrogen) atoms. The van der Waals surface area contributed by atoms with E-state index in [1.807, 2.05) is 6.08 Å². The molecule has 0 amide bonds. The average Bonchev–Trinajstić information content (AvgIpc) is 3.09. The summed E-state index contributed by atoms with van der Waals surface area (Å²) in [5, 5.41) is 0. The number of aryl methyl sites for hydroxylation is 2. The van der Waals surface area contributed by atoms with Crippen molar-refractivity contribution in [3.05, 3.63) is 87.7 Å². The van der Waals surface area contributed by atoms with Gasteiger partial charge in [0.2, 0.25) is 0 Å². The van der Waals surface area contributed by atoms with Crippen LogP contribution in [0.1, 0.15) is 90.6 Å². The molecule has 1 unspecified atom stereocenters. The van der Waals surface area contributed by atoms with Crippen molar-refractivity contribution in [3.63, 3.8) is 0 Å². The van der Waals surface area contributed by atoms with Gasteiger partial charge in [-0.05, 0) is 108 Å². The van der Waals surface area contributed by atoms with Gasteiger partial charge in [0.15, 0.2) is 0 Å². The smallest absolute Gasteiger partial charge is 0.125 e. The molecule has 1 spiro atoms. The van der Waals surface area contributed by atoms with Crippen LogP contribution in [0.4, 0.5) is 0 Å². The first-order valence-corrected chi connectivity index (χ1v) is 12.7. The summed E-state index contributed by atoms with van der Waals surface area (Å²) in [6.07, 6.45) is 6.71. The van der Waals surface area contributed by atoms with Crippen molar-refractivity contribution in [1.29, 1.82) is 0 Å². The van der Waals surface area contributed by atoms with Crippen molar-refractivity contribution in [2.45, 2.75) is 90.9 Å². The highest BCUT2D eigenvalue weighted by Gasteiger charge is 2.58. The predicted molar refractivity (Wildman–Crippen MR) is 143 cm³/mol. The fraction of sp³-hybridized carbons (Fsp3) is 0.500. The maximum Gasteiger partial charge on any atom is 0.125 e. The van der Waals surface area contributed by atoms with Crippen LogP contribution < -0.4 is 4.74 Å². The number of fused-ring (bicyclic) bond motifs is 4. The number of hydrogen-bond acceptors (Lipinski definition) is 2. The summed E-state index contributed by atoms with van der Waals surface area (Å²) in [5.74, 6) is 1.02. The lowest BCUT2D eigenvalue weighted by Gasteiger charge is -2.33. The summed E-state index contributed by atoms with van der Waals surface area (Å²) >= 11 is 0. The molecule has 0 radical (unpaired) electrons. The van der Waals surface area contributed by atoms with E-state index in [1.54, 1.807) is 5.56 Å². The Bertz CT molecular complexity index is 1160. The molecule has 0 saturated carbocycles. The van der Waals surface area contributed by atoms with Crippen LogP contribution in [0.25, 0.3) is 0 Å². The van der Waals surface area contributed by atoms with Gasteiger partial charge in [-0.2, -0.15) is 0 Å². The van der Waals surface area contributed by atoms with E-state index in [0.717, 1.165) is 25.0 Å². The van der Waals surface area contributed by atoms with Gasteiger partial charge in [0.1, 0.15) is 19.0 Å². The van der Waals surface area contributed by atoms with E-state index in [0.29, 0.717) is 13.2 Å². The first-order chi connectivity index (χ1) is 15.9. The molecule has 2 aliphatic carbocycles. The lowest BCUT2D eigenvalue weighted by Crippen LogP contribution is -2.28. The van der Waals surface area contributed by atoms with Crippen molar-refractivity contribution < 1.29 is 9.47 Å². The summed E-state index contributed by atoms with van der Waals surface area (Å²) in [7, 11) is 0. The third-order valence-electron chi connectivity index (χ3n) is 8.45. The van der Waals surface area contributed by atoms with Gasteiger partial charge in [0.25, 0.3) is 0 Å². The molecule has 2 aromatic rings. The first kappa shape index (κ1) is 24.6. The topological polar surface area (TPSA) is 18.5 Å². The summed E-state index contributed by atoms with van der Waals surface area (Å²) in [6.45, 7) is 27.5. The molecule has 0 bridgehead atoms. The standard InChI is InChI=1S/C32H42O2/c1-11-13-24-20(3)16-25-27(22(24)5)32(18-30(25,7)8)19-31(9,10)26-17-21(4)29(23(6)28(26)32)34-15-14-33-12-2/h11-12,16-17H,1-2,13-15,18-19H2,3-10H3. The molecule has 2 heteroatoms. The number of rotatable bonds is 7. The molecule has 0 aromatic heterocycles. The van der Waals surface area contributed by atoms with Gasteiger partial charge in [-0.1, -0.05) is 52.5 Å². The third-order valence-corrected chi connectivity index (χ3v) is 8.45. The Morgan fingerprint density at radius 1 is 0.824 bits per heavy atom. The van der Waals surface area contributed by atoms with Crippen LogP contribution in [0.15, 0.2) is 37.6 Å². The Labute approximate surface area is 207 Å². The maximum atomic E-state index is 6.33. The van der Waals surface area contributed by atoms with Crippen LogP contribution in [0.2, 0.25) is 0 Å². The molecular weight excluding hydrogens is 416 g/mol. The molecule has 4 rings (SSSR count). The minimum absolute atomic E-state index is 0.00111. The Morgan fingerprint density at radius 3 is 1.94 bits per heavy atom. The summed E-state index contributed by atoms with van der Waals surface area (Å²) in [6, 6.07) is 4.88. The van der Waals surface area contributed by atoms with E-state index in [-0.39, 0.29) is 16.2 Å². The second-order valence-corrected chi connectivity index (χ2v) is 11.9. The lowest BCUT2D eigenvalue weighted by atomic mass is 9.70. The normalized spacial score (nSPS) is 21.3. The van der Waals surface area contributed by atoms with Gasteiger partial charge in [-0.3, -0.25) is 0 Å². The monoisotopic (exact) mass is 458 g/mol. The fourth-order valence-electron chi connectivity index (χ4n) is 7.49. The van der Waals surface area contributed by atoms with Crippen molar-refractivity contribution in [3.8, 4) is 5.75 Å². The second-order valence-electron chi connectivity index (χ2n) is 11.9. The SMILES string of the molecule is C=CCc1c(C)cc2c(c1C)C1(CC2(C)C)CC(C)(C)c2cc(C)c(OCCOC=C)c(C)c21. The van der Waals surface area contributed by atoms with Crippen molar-refractivity contribution in [1.82, 2.24) is 0 Å². The summed E-state index contributed by atoms with van der Waals surface area (Å²) < 4.78 is 11.7. The van der Waals surface area contributed by atoms with Gasteiger partial charge in [0, 0.05) is 5.41 Å². The highest BCUT2D eigenvalue weighted by Crippen LogP contribution is 2.65. The number of benzene rings is 2. The van der Waals surface area contributed by atoms with Crippen LogP contribution in [0, 0.1) is 27.7 Å². The summed E-state index contributed by atoms with van der Waals surface area (Å²) in [5.41, 5.74) is 13.1. The van der Waals surface area contributed by atoms with E-state index >= 15 is 0 Å². The third kappa shape index (κ3) is 3.53. The lowest BCUT2D eigenvalue weighted by molar-refractivity contribution is 0.178. The van der Waals surface area contributed by atoms with E-state index in [2.05, 4.69) is 80.7 Å². The quantitative estimate of drug-likeness (QED) is 0.239. The Hall–Kier alpha value is -2.48. The van der Waals surface area contributed by atoms with Gasteiger partial charge >= 0.3 is 0 Å². The molecule has 0 heterocycles. The van der Waals surface area contributed by atoms with Crippen molar-refractivity contribution in [2.75, 3.05) is 13.2 Å². The molecule has 2 aliphatic rings. The molecule has 0 saturated heterocycles. The molecule has 2 nitrogen and oxygen atoms in total. The van der Waals surface area contributed by atoms with E-state index in [4.69, 9.17) is 9.47 Å². The molecule has 0 fully saturated rings. The maximum absolute atomic E-state index is 6.33. The molecule has 182 valence electrons. The predicted octanol–water partition coefficient (Wildman–Crippen LogP) is 7.84. The fourth-order valence-corrected chi connectivity index (χ4v) is 7.49. The zero-order chi connectivity index (χ0) is 25.1. The Morgan fingerprint density at radius 2 is 1.38 bits per heavy atom. The molecular formula is C32H42O2.